The van der Waals surface area contributed by atoms with Crippen LogP contribution in [0.1, 0.15) is 49.9 Å². The Labute approximate surface area is 210 Å². The highest BCUT2D eigenvalue weighted by atomic mass is 127. The molecule has 0 saturated carbocycles. The molecule has 32 heavy (non-hydrogen) atoms. The number of aliphatic imine (C=N–C) groups is 1. The van der Waals surface area contributed by atoms with E-state index in [1.165, 1.54) is 6.26 Å². The molecular weight excluding hydrogens is 537 g/mol. The highest BCUT2D eigenvalue weighted by molar-refractivity contribution is 14.0. The third-order valence-electron chi connectivity index (χ3n) is 4.53. The van der Waals surface area contributed by atoms with E-state index < -0.39 is 9.84 Å². The largest absolute Gasteiger partial charge is 0.371 e. The number of sulfone groups is 1. The standard InChI is InChI=1S/C24H35N3O3S.HI/c1-7-25-23(27-16-20-11-12-22(18(2)13-20)31(6,28)29)26-15-19-9-8-10-21(14-19)17-30-24(3,4)5;/h8-14H,7,15-17H2,1-6H3,(H2,25,26,27);1H. The molecule has 0 spiro atoms. The van der Waals surface area contributed by atoms with Crippen LogP contribution in [-0.4, -0.2) is 32.8 Å². The van der Waals surface area contributed by atoms with Crippen LogP contribution in [0.5, 0.6) is 0 Å². The van der Waals surface area contributed by atoms with Gasteiger partial charge in [0.15, 0.2) is 15.8 Å². The van der Waals surface area contributed by atoms with Gasteiger partial charge in [-0.2, -0.15) is 0 Å². The summed E-state index contributed by atoms with van der Waals surface area (Å²) in [4.78, 5) is 5.05. The molecule has 0 fully saturated rings. The number of rotatable bonds is 8. The van der Waals surface area contributed by atoms with E-state index in [9.17, 15) is 8.42 Å². The van der Waals surface area contributed by atoms with Crippen molar-refractivity contribution >= 4 is 39.8 Å². The smallest absolute Gasteiger partial charge is 0.191 e. The second-order valence-corrected chi connectivity index (χ2v) is 10.6. The van der Waals surface area contributed by atoms with E-state index in [1.807, 2.05) is 52.8 Å². The van der Waals surface area contributed by atoms with Gasteiger partial charge < -0.3 is 15.4 Å². The first-order valence-corrected chi connectivity index (χ1v) is 12.4. The van der Waals surface area contributed by atoms with Crippen molar-refractivity contribution in [2.45, 2.75) is 64.8 Å². The van der Waals surface area contributed by atoms with Crippen molar-refractivity contribution in [1.82, 2.24) is 10.6 Å². The molecule has 0 atom stereocenters. The zero-order chi connectivity index (χ0) is 23.1. The second-order valence-electron chi connectivity index (χ2n) is 8.64. The molecule has 0 unspecified atom stereocenters. The first kappa shape index (κ1) is 28.4. The van der Waals surface area contributed by atoms with Crippen LogP contribution in [-0.2, 0) is 34.3 Å². The van der Waals surface area contributed by atoms with Gasteiger partial charge in [-0.1, -0.05) is 36.4 Å². The van der Waals surface area contributed by atoms with Crippen molar-refractivity contribution in [3.8, 4) is 0 Å². The molecule has 0 aliphatic carbocycles. The number of nitrogens with zero attached hydrogens (tertiary/aromatic N) is 1. The lowest BCUT2D eigenvalue weighted by Gasteiger charge is -2.19. The molecule has 0 amide bonds. The minimum Gasteiger partial charge on any atom is -0.371 e. The van der Waals surface area contributed by atoms with Crippen LogP contribution in [0.25, 0.3) is 0 Å². The molecule has 0 saturated heterocycles. The number of halogens is 1. The van der Waals surface area contributed by atoms with Gasteiger partial charge in [0.1, 0.15) is 0 Å². The maximum absolute atomic E-state index is 11.8. The normalized spacial score (nSPS) is 12.2. The summed E-state index contributed by atoms with van der Waals surface area (Å²) in [7, 11) is -3.21. The van der Waals surface area contributed by atoms with E-state index in [0.29, 0.717) is 30.6 Å². The Morgan fingerprint density at radius 1 is 1.03 bits per heavy atom. The van der Waals surface area contributed by atoms with Crippen molar-refractivity contribution in [1.29, 1.82) is 0 Å². The summed E-state index contributed by atoms with van der Waals surface area (Å²) in [5, 5.41) is 6.57. The predicted octanol–water partition coefficient (Wildman–Crippen LogP) is 4.59. The first-order valence-electron chi connectivity index (χ1n) is 10.5. The Hall–Kier alpha value is -1.65. The molecule has 0 bridgehead atoms. The van der Waals surface area contributed by atoms with Crippen LogP contribution in [0.3, 0.4) is 0 Å². The summed E-state index contributed by atoms with van der Waals surface area (Å²) in [6, 6.07) is 13.7. The van der Waals surface area contributed by atoms with Crippen molar-refractivity contribution in [2.24, 2.45) is 4.99 Å². The highest BCUT2D eigenvalue weighted by Gasteiger charge is 2.11. The molecule has 2 aromatic rings. The van der Waals surface area contributed by atoms with E-state index in [1.54, 1.807) is 6.07 Å². The molecule has 2 aromatic carbocycles. The van der Waals surface area contributed by atoms with Crippen molar-refractivity contribution in [2.75, 3.05) is 12.8 Å². The van der Waals surface area contributed by atoms with Gasteiger partial charge in [-0.25, -0.2) is 13.4 Å². The highest BCUT2D eigenvalue weighted by Crippen LogP contribution is 2.17. The fourth-order valence-electron chi connectivity index (χ4n) is 3.05. The van der Waals surface area contributed by atoms with E-state index in [2.05, 4.69) is 33.8 Å². The number of aryl methyl sites for hydroxylation is 1. The van der Waals surface area contributed by atoms with Gasteiger partial charge in [-0.05, 0) is 62.9 Å². The molecule has 0 heterocycles. The van der Waals surface area contributed by atoms with Gasteiger partial charge in [-0.15, -0.1) is 24.0 Å². The van der Waals surface area contributed by atoms with Crippen LogP contribution in [0, 0.1) is 6.92 Å². The number of guanidine groups is 1. The number of hydrogen-bond donors (Lipinski definition) is 2. The summed E-state index contributed by atoms with van der Waals surface area (Å²) >= 11 is 0. The Morgan fingerprint density at radius 3 is 2.31 bits per heavy atom. The lowest BCUT2D eigenvalue weighted by Crippen LogP contribution is -2.36. The van der Waals surface area contributed by atoms with Crippen LogP contribution in [0.15, 0.2) is 52.4 Å². The minimum absolute atomic E-state index is 0. The fraction of sp³-hybridized carbons (Fsp3) is 0.458. The Balaban J connectivity index is 0.00000512. The number of nitrogens with one attached hydrogen (secondary N) is 2. The van der Waals surface area contributed by atoms with Crippen LogP contribution >= 0.6 is 24.0 Å². The van der Waals surface area contributed by atoms with E-state index in [4.69, 9.17) is 4.74 Å². The lowest BCUT2D eigenvalue weighted by atomic mass is 10.1. The molecule has 0 aliphatic rings. The lowest BCUT2D eigenvalue weighted by molar-refractivity contribution is -0.0149. The van der Waals surface area contributed by atoms with Crippen LogP contribution < -0.4 is 10.6 Å². The molecule has 0 aliphatic heterocycles. The molecule has 2 rings (SSSR count). The molecule has 0 aromatic heterocycles. The van der Waals surface area contributed by atoms with Gasteiger partial charge in [-0.3, -0.25) is 0 Å². The maximum Gasteiger partial charge on any atom is 0.191 e. The summed E-state index contributed by atoms with van der Waals surface area (Å²) in [6.07, 6.45) is 1.23. The zero-order valence-corrected chi connectivity index (χ0v) is 23.0. The summed E-state index contributed by atoms with van der Waals surface area (Å²) < 4.78 is 29.5. The molecule has 2 N–H and O–H groups in total. The molecular formula is C24H36IN3O3S. The van der Waals surface area contributed by atoms with E-state index in [0.717, 1.165) is 28.8 Å². The van der Waals surface area contributed by atoms with Crippen molar-refractivity contribution < 1.29 is 13.2 Å². The van der Waals surface area contributed by atoms with Crippen molar-refractivity contribution in [3.63, 3.8) is 0 Å². The molecule has 8 heteroatoms. The molecule has 6 nitrogen and oxygen atoms in total. The summed E-state index contributed by atoms with van der Waals surface area (Å²) in [5.74, 6) is 0.712. The Bertz CT molecular complexity index is 1020. The fourth-order valence-corrected chi connectivity index (χ4v) is 4.01. The molecule has 178 valence electrons. The average Bonchev–Trinajstić information content (AvgIpc) is 2.67. The van der Waals surface area contributed by atoms with Gasteiger partial charge in [0.2, 0.25) is 0 Å². The number of hydrogen-bond acceptors (Lipinski definition) is 4. The Morgan fingerprint density at radius 2 is 1.72 bits per heavy atom. The number of benzene rings is 2. The minimum atomic E-state index is -3.21. The van der Waals surface area contributed by atoms with E-state index in [-0.39, 0.29) is 29.6 Å². The van der Waals surface area contributed by atoms with Gasteiger partial charge >= 0.3 is 0 Å². The van der Waals surface area contributed by atoms with Gasteiger partial charge in [0.05, 0.1) is 23.6 Å². The summed E-state index contributed by atoms with van der Waals surface area (Å²) in [6.45, 7) is 12.4. The number of ether oxygens (including phenoxy) is 1. The van der Waals surface area contributed by atoms with Crippen LogP contribution in [0.2, 0.25) is 0 Å². The topological polar surface area (TPSA) is 79.8 Å². The first-order chi connectivity index (χ1) is 14.5. The van der Waals surface area contributed by atoms with Gasteiger partial charge in [0.25, 0.3) is 0 Å². The van der Waals surface area contributed by atoms with E-state index >= 15 is 0 Å². The summed E-state index contributed by atoms with van der Waals surface area (Å²) in [5.41, 5.74) is 3.81. The second kappa shape index (κ2) is 12.6. The Kier molecular flexibility index (Phi) is 11.1. The van der Waals surface area contributed by atoms with Crippen LogP contribution in [0.4, 0.5) is 0 Å². The predicted molar refractivity (Wildman–Crippen MR) is 142 cm³/mol. The monoisotopic (exact) mass is 573 g/mol. The zero-order valence-electron chi connectivity index (χ0n) is 19.9. The quantitative estimate of drug-likeness (QED) is 0.275. The third kappa shape index (κ3) is 9.87. The maximum atomic E-state index is 11.8. The molecule has 0 radical (unpaired) electrons. The SMILES string of the molecule is CCNC(=NCc1cccc(COC(C)(C)C)c1)NCc1ccc(S(C)(=O)=O)c(C)c1.I. The third-order valence-corrected chi connectivity index (χ3v) is 5.78. The van der Waals surface area contributed by atoms with Crippen molar-refractivity contribution in [3.05, 3.63) is 64.7 Å². The average molecular weight is 574 g/mol. The van der Waals surface area contributed by atoms with Gasteiger partial charge in [0, 0.05) is 19.3 Å².